The molecule has 1 heterocycles. The van der Waals surface area contributed by atoms with E-state index in [0.717, 1.165) is 4.88 Å². The lowest BCUT2D eigenvalue weighted by Crippen LogP contribution is -1.75. The van der Waals surface area contributed by atoms with Gasteiger partial charge in [0.2, 0.25) is 0 Å². The minimum Gasteiger partial charge on any atom is -0.211 e. The first-order chi connectivity index (χ1) is 5.65. The zero-order chi connectivity index (χ0) is 9.14. The number of thiophene rings is 1. The maximum Gasteiger partial charge on any atom is 0.105 e. The van der Waals surface area contributed by atoms with Crippen molar-refractivity contribution in [2.24, 2.45) is 0 Å². The molecule has 12 heavy (non-hydrogen) atoms. The van der Waals surface area contributed by atoms with Gasteiger partial charge in [-0.05, 0) is 26.0 Å². The third-order valence-electron chi connectivity index (χ3n) is 1.58. The van der Waals surface area contributed by atoms with E-state index >= 15 is 0 Å². The Balaban J connectivity index is 3.12. The van der Waals surface area contributed by atoms with Gasteiger partial charge >= 0.3 is 0 Å². The second-order valence-electron chi connectivity index (χ2n) is 2.56. The van der Waals surface area contributed by atoms with Crippen molar-refractivity contribution >= 4 is 16.9 Å². The van der Waals surface area contributed by atoms with Crippen molar-refractivity contribution in [1.29, 1.82) is 0 Å². The Kier molecular flexibility index (Phi) is 2.82. The lowest BCUT2D eigenvalue weighted by Gasteiger charge is -1.96. The van der Waals surface area contributed by atoms with Gasteiger partial charge in [0.05, 0.1) is 0 Å². The Morgan fingerprint density at radius 3 is 2.58 bits per heavy atom. The molecule has 0 aliphatic carbocycles. The molecular formula is C10H11FS. The number of hydrogen-bond donors (Lipinski definition) is 0. The highest BCUT2D eigenvalue weighted by molar-refractivity contribution is 7.13. The van der Waals surface area contributed by atoms with Crippen molar-refractivity contribution in [3.05, 3.63) is 40.4 Å². The summed E-state index contributed by atoms with van der Waals surface area (Å²) in [6.45, 7) is 7.03. The van der Waals surface area contributed by atoms with Crippen LogP contribution < -0.4 is 0 Å². The molecule has 0 atom stereocenters. The third kappa shape index (κ3) is 1.83. The molecule has 2 heteroatoms. The number of allylic oxidation sites excluding steroid dienone is 3. The van der Waals surface area contributed by atoms with Crippen LogP contribution in [0.15, 0.2) is 30.6 Å². The molecule has 0 saturated heterocycles. The molecule has 1 rings (SSSR count). The van der Waals surface area contributed by atoms with Crippen LogP contribution in [0.25, 0.3) is 5.57 Å². The van der Waals surface area contributed by atoms with Crippen LogP contribution in [-0.4, -0.2) is 0 Å². The summed E-state index contributed by atoms with van der Waals surface area (Å²) in [6.07, 6.45) is 1.56. The van der Waals surface area contributed by atoms with E-state index in [4.69, 9.17) is 0 Å². The predicted octanol–water partition coefficient (Wildman–Crippen LogP) is 3.94. The van der Waals surface area contributed by atoms with E-state index in [1.54, 1.807) is 17.4 Å². The van der Waals surface area contributed by atoms with Crippen LogP contribution in [0.5, 0.6) is 0 Å². The third-order valence-corrected chi connectivity index (χ3v) is 2.62. The van der Waals surface area contributed by atoms with Gasteiger partial charge in [0.25, 0.3) is 0 Å². The highest BCUT2D eigenvalue weighted by atomic mass is 32.1. The molecule has 0 aliphatic heterocycles. The Morgan fingerprint density at radius 1 is 1.58 bits per heavy atom. The normalized spacial score (nSPS) is 12.6. The Morgan fingerprint density at radius 2 is 2.25 bits per heavy atom. The minimum atomic E-state index is -0.174. The number of hydrogen-bond acceptors (Lipinski definition) is 1. The second kappa shape index (κ2) is 3.68. The first-order valence-electron chi connectivity index (χ1n) is 3.70. The van der Waals surface area contributed by atoms with Crippen molar-refractivity contribution in [1.82, 2.24) is 0 Å². The monoisotopic (exact) mass is 182 g/mol. The quantitative estimate of drug-likeness (QED) is 0.608. The maximum absolute atomic E-state index is 12.9. The van der Waals surface area contributed by atoms with Gasteiger partial charge in [-0.3, -0.25) is 0 Å². The van der Waals surface area contributed by atoms with Crippen molar-refractivity contribution in [2.75, 3.05) is 0 Å². The van der Waals surface area contributed by atoms with Gasteiger partial charge in [-0.15, -0.1) is 11.3 Å². The zero-order valence-corrected chi connectivity index (χ0v) is 8.04. The van der Waals surface area contributed by atoms with Crippen molar-refractivity contribution < 1.29 is 4.39 Å². The summed E-state index contributed by atoms with van der Waals surface area (Å²) in [5.41, 5.74) is 0.605. The van der Waals surface area contributed by atoms with E-state index in [1.165, 1.54) is 11.8 Å². The molecule has 1 aromatic heterocycles. The van der Waals surface area contributed by atoms with Gasteiger partial charge in [-0.2, -0.15) is 0 Å². The van der Waals surface area contributed by atoms with Gasteiger partial charge < -0.3 is 0 Å². The summed E-state index contributed by atoms with van der Waals surface area (Å²) in [6, 6.07) is 3.90. The largest absolute Gasteiger partial charge is 0.211 e. The molecule has 0 aromatic carbocycles. The molecule has 0 aliphatic rings. The SMILES string of the molecule is C=C/C(=C(\C)F)c1ccc(C)s1. The van der Waals surface area contributed by atoms with Gasteiger partial charge in [-0.1, -0.05) is 12.7 Å². The molecule has 64 valence electrons. The van der Waals surface area contributed by atoms with Crippen LogP contribution in [0.2, 0.25) is 0 Å². The van der Waals surface area contributed by atoms with E-state index in [1.807, 2.05) is 19.1 Å². The van der Waals surface area contributed by atoms with Gasteiger partial charge in [-0.25, -0.2) is 4.39 Å². The fourth-order valence-electron chi connectivity index (χ4n) is 0.990. The van der Waals surface area contributed by atoms with E-state index in [-0.39, 0.29) is 5.83 Å². The number of halogens is 1. The molecular weight excluding hydrogens is 171 g/mol. The van der Waals surface area contributed by atoms with Crippen LogP contribution in [0.1, 0.15) is 16.7 Å². The predicted molar refractivity (Wildman–Crippen MR) is 53.0 cm³/mol. The minimum absolute atomic E-state index is 0.174. The maximum atomic E-state index is 12.9. The molecule has 0 spiro atoms. The average molecular weight is 182 g/mol. The van der Waals surface area contributed by atoms with Crippen LogP contribution in [0.4, 0.5) is 4.39 Å². The standard InChI is InChI=1S/C10H11FS/c1-4-9(8(3)11)10-6-5-7(2)12-10/h4-6H,1H2,2-3H3/b9-8-. The van der Waals surface area contributed by atoms with Gasteiger partial charge in [0, 0.05) is 15.3 Å². The van der Waals surface area contributed by atoms with Crippen LogP contribution in [0, 0.1) is 6.92 Å². The van der Waals surface area contributed by atoms with E-state index in [2.05, 4.69) is 6.58 Å². The van der Waals surface area contributed by atoms with Crippen molar-refractivity contribution in [2.45, 2.75) is 13.8 Å². The molecule has 0 fully saturated rings. The highest BCUT2D eigenvalue weighted by Crippen LogP contribution is 2.27. The molecule has 0 N–H and O–H groups in total. The van der Waals surface area contributed by atoms with Crippen LogP contribution >= 0.6 is 11.3 Å². The number of rotatable bonds is 2. The Labute approximate surface area is 76.0 Å². The second-order valence-corrected chi connectivity index (χ2v) is 3.85. The van der Waals surface area contributed by atoms with Crippen LogP contribution in [-0.2, 0) is 0 Å². The first-order valence-corrected chi connectivity index (χ1v) is 4.52. The lowest BCUT2D eigenvalue weighted by atomic mass is 10.2. The van der Waals surface area contributed by atoms with Crippen LogP contribution in [0.3, 0.4) is 0 Å². The summed E-state index contributed by atoms with van der Waals surface area (Å²) in [4.78, 5) is 2.13. The summed E-state index contributed by atoms with van der Waals surface area (Å²) >= 11 is 1.58. The summed E-state index contributed by atoms with van der Waals surface area (Å²) in [7, 11) is 0. The number of aryl methyl sites for hydroxylation is 1. The smallest absolute Gasteiger partial charge is 0.105 e. The summed E-state index contributed by atoms with van der Waals surface area (Å²) in [5, 5.41) is 0. The molecule has 0 bridgehead atoms. The molecule has 0 amide bonds. The fraction of sp³-hybridized carbons (Fsp3) is 0.200. The topological polar surface area (TPSA) is 0 Å². The fourth-order valence-corrected chi connectivity index (χ4v) is 1.94. The highest BCUT2D eigenvalue weighted by Gasteiger charge is 2.03. The zero-order valence-electron chi connectivity index (χ0n) is 7.23. The van der Waals surface area contributed by atoms with Gasteiger partial charge in [0.15, 0.2) is 0 Å². The van der Waals surface area contributed by atoms with E-state index in [9.17, 15) is 4.39 Å². The summed E-state index contributed by atoms with van der Waals surface area (Å²) < 4.78 is 12.9. The molecule has 0 radical (unpaired) electrons. The Hall–Kier alpha value is -0.890. The van der Waals surface area contributed by atoms with Gasteiger partial charge in [0.1, 0.15) is 5.83 Å². The van der Waals surface area contributed by atoms with Crippen molar-refractivity contribution in [3.63, 3.8) is 0 Å². The van der Waals surface area contributed by atoms with E-state index < -0.39 is 0 Å². The van der Waals surface area contributed by atoms with E-state index in [0.29, 0.717) is 5.57 Å². The molecule has 0 nitrogen and oxygen atoms in total. The molecule has 1 aromatic rings. The molecule has 0 saturated carbocycles. The average Bonchev–Trinajstić information content (AvgIpc) is 2.37. The Bertz CT molecular complexity index is 316. The van der Waals surface area contributed by atoms with Crippen molar-refractivity contribution in [3.8, 4) is 0 Å². The lowest BCUT2D eigenvalue weighted by molar-refractivity contribution is 0.645. The first kappa shape index (κ1) is 9.20. The summed E-state index contributed by atoms with van der Waals surface area (Å²) in [5.74, 6) is -0.174. The molecule has 0 unspecified atom stereocenters.